The predicted molar refractivity (Wildman–Crippen MR) is 81.4 cm³/mol. The molecule has 0 bridgehead atoms. The predicted octanol–water partition coefficient (Wildman–Crippen LogP) is 3.39. The van der Waals surface area contributed by atoms with Crippen molar-refractivity contribution in [1.82, 2.24) is 4.90 Å². The lowest BCUT2D eigenvalue weighted by Crippen LogP contribution is -2.28. The molecule has 0 saturated carbocycles. The first-order valence-electron chi connectivity index (χ1n) is 6.96. The van der Waals surface area contributed by atoms with Crippen LogP contribution in [-0.2, 0) is 0 Å². The number of hydrogen-bond donors (Lipinski definition) is 1. The number of rotatable bonds is 6. The maximum absolute atomic E-state index is 11.0. The molecule has 0 amide bonds. The molecular formula is C14H20ClN3O2. The Morgan fingerprint density at radius 2 is 2.15 bits per heavy atom. The van der Waals surface area contributed by atoms with Crippen molar-refractivity contribution < 1.29 is 4.92 Å². The highest BCUT2D eigenvalue weighted by Gasteiger charge is 2.17. The minimum Gasteiger partial charge on any atom is -0.379 e. The van der Waals surface area contributed by atoms with Crippen molar-refractivity contribution in [3.8, 4) is 0 Å². The van der Waals surface area contributed by atoms with Crippen LogP contribution in [0.5, 0.6) is 0 Å². The van der Waals surface area contributed by atoms with Crippen molar-refractivity contribution in [1.29, 1.82) is 0 Å². The Balaban J connectivity index is 1.92. The van der Waals surface area contributed by atoms with Gasteiger partial charge in [0.15, 0.2) is 0 Å². The summed E-state index contributed by atoms with van der Waals surface area (Å²) in [6.07, 6.45) is 2.56. The van der Waals surface area contributed by atoms with Gasteiger partial charge in [-0.05, 0) is 44.0 Å². The fraction of sp³-hybridized carbons (Fsp3) is 0.571. The normalized spacial score (nSPS) is 17.1. The number of nitro benzene ring substituents is 1. The fourth-order valence-corrected chi connectivity index (χ4v) is 2.74. The number of nitrogens with one attached hydrogen (secondary N) is 1. The van der Waals surface area contributed by atoms with Crippen LogP contribution in [0.15, 0.2) is 18.2 Å². The molecule has 0 aromatic heterocycles. The van der Waals surface area contributed by atoms with Crippen LogP contribution in [0.25, 0.3) is 0 Å². The SMILES string of the molecule is CC(CNc1cc(Cl)ccc1[N+](=O)[O-])CN1CCCC1. The monoisotopic (exact) mass is 297 g/mol. The molecule has 1 unspecified atom stereocenters. The van der Waals surface area contributed by atoms with E-state index in [-0.39, 0.29) is 10.6 Å². The van der Waals surface area contributed by atoms with Crippen LogP contribution in [0.4, 0.5) is 11.4 Å². The molecule has 1 aliphatic rings. The van der Waals surface area contributed by atoms with Gasteiger partial charge in [-0.2, -0.15) is 0 Å². The summed E-state index contributed by atoms with van der Waals surface area (Å²) in [5, 5.41) is 14.6. The zero-order valence-electron chi connectivity index (χ0n) is 11.6. The van der Waals surface area contributed by atoms with Gasteiger partial charge in [0.2, 0.25) is 0 Å². The largest absolute Gasteiger partial charge is 0.379 e. The quantitative estimate of drug-likeness (QED) is 0.646. The molecule has 0 aliphatic carbocycles. The van der Waals surface area contributed by atoms with Gasteiger partial charge in [-0.25, -0.2) is 0 Å². The molecule has 1 fully saturated rings. The number of anilines is 1. The molecule has 1 heterocycles. The highest BCUT2D eigenvalue weighted by Crippen LogP contribution is 2.27. The van der Waals surface area contributed by atoms with Gasteiger partial charge in [0, 0.05) is 24.2 Å². The van der Waals surface area contributed by atoms with Crippen molar-refractivity contribution in [3.63, 3.8) is 0 Å². The van der Waals surface area contributed by atoms with E-state index in [4.69, 9.17) is 11.6 Å². The number of hydrogen-bond acceptors (Lipinski definition) is 4. The van der Waals surface area contributed by atoms with Gasteiger partial charge in [0.1, 0.15) is 5.69 Å². The number of nitro groups is 1. The average molecular weight is 298 g/mol. The Hall–Kier alpha value is -1.33. The molecule has 1 aliphatic heterocycles. The smallest absolute Gasteiger partial charge is 0.292 e. The van der Waals surface area contributed by atoms with Crippen molar-refractivity contribution in [2.75, 3.05) is 31.5 Å². The van der Waals surface area contributed by atoms with Gasteiger partial charge in [-0.3, -0.25) is 10.1 Å². The molecule has 20 heavy (non-hydrogen) atoms. The van der Waals surface area contributed by atoms with Crippen LogP contribution in [0.2, 0.25) is 5.02 Å². The van der Waals surface area contributed by atoms with Crippen LogP contribution < -0.4 is 5.32 Å². The first-order chi connectivity index (χ1) is 9.56. The second kappa shape index (κ2) is 6.90. The van der Waals surface area contributed by atoms with Crippen molar-refractivity contribution in [2.24, 2.45) is 5.92 Å². The maximum atomic E-state index is 11.0. The Morgan fingerprint density at radius 1 is 1.45 bits per heavy atom. The Bertz CT molecular complexity index is 475. The summed E-state index contributed by atoms with van der Waals surface area (Å²) in [4.78, 5) is 13.0. The highest BCUT2D eigenvalue weighted by atomic mass is 35.5. The lowest BCUT2D eigenvalue weighted by molar-refractivity contribution is -0.384. The van der Waals surface area contributed by atoms with E-state index in [1.54, 1.807) is 12.1 Å². The van der Waals surface area contributed by atoms with Gasteiger partial charge >= 0.3 is 0 Å². The standard InChI is InChI=1S/C14H20ClN3O2/c1-11(10-17-6-2-3-7-17)9-16-13-8-12(15)4-5-14(13)18(19)20/h4-5,8,11,16H,2-3,6-7,9-10H2,1H3. The maximum Gasteiger partial charge on any atom is 0.292 e. The Kier molecular flexibility index (Phi) is 5.20. The van der Waals surface area contributed by atoms with Crippen LogP contribution in [0.3, 0.4) is 0 Å². The summed E-state index contributed by atoms with van der Waals surface area (Å²) in [6.45, 7) is 6.23. The molecule has 1 saturated heterocycles. The molecule has 1 aromatic carbocycles. The minimum atomic E-state index is -0.385. The van der Waals surface area contributed by atoms with Crippen LogP contribution in [-0.4, -0.2) is 36.0 Å². The van der Waals surface area contributed by atoms with Gasteiger partial charge < -0.3 is 10.2 Å². The zero-order chi connectivity index (χ0) is 14.5. The summed E-state index contributed by atoms with van der Waals surface area (Å²) < 4.78 is 0. The number of benzene rings is 1. The molecule has 0 spiro atoms. The summed E-state index contributed by atoms with van der Waals surface area (Å²) in [5.41, 5.74) is 0.568. The first-order valence-corrected chi connectivity index (χ1v) is 7.34. The molecule has 1 aromatic rings. The van der Waals surface area contributed by atoms with E-state index in [0.717, 1.165) is 6.54 Å². The van der Waals surface area contributed by atoms with Gasteiger partial charge in [0.25, 0.3) is 5.69 Å². The highest BCUT2D eigenvalue weighted by molar-refractivity contribution is 6.31. The number of nitrogens with zero attached hydrogens (tertiary/aromatic N) is 2. The zero-order valence-corrected chi connectivity index (χ0v) is 12.4. The first kappa shape index (κ1) is 15.1. The number of halogens is 1. The second-order valence-electron chi connectivity index (χ2n) is 5.41. The molecule has 1 N–H and O–H groups in total. The molecule has 6 heteroatoms. The lowest BCUT2D eigenvalue weighted by Gasteiger charge is -2.20. The van der Waals surface area contributed by atoms with Gasteiger partial charge in [-0.15, -0.1) is 0 Å². The minimum absolute atomic E-state index is 0.0720. The topological polar surface area (TPSA) is 58.4 Å². The summed E-state index contributed by atoms with van der Waals surface area (Å²) >= 11 is 5.90. The van der Waals surface area contributed by atoms with Crippen LogP contribution in [0, 0.1) is 16.0 Å². The summed E-state index contributed by atoms with van der Waals surface area (Å²) in [5.74, 6) is 0.437. The third-order valence-corrected chi connectivity index (χ3v) is 3.80. The third kappa shape index (κ3) is 4.08. The van der Waals surface area contributed by atoms with Crippen molar-refractivity contribution in [2.45, 2.75) is 19.8 Å². The van der Waals surface area contributed by atoms with Crippen molar-refractivity contribution >= 4 is 23.0 Å². The molecule has 110 valence electrons. The molecular weight excluding hydrogens is 278 g/mol. The lowest BCUT2D eigenvalue weighted by atomic mass is 10.1. The number of likely N-dealkylation sites (tertiary alicyclic amines) is 1. The Morgan fingerprint density at radius 3 is 2.80 bits per heavy atom. The van der Waals surface area contributed by atoms with E-state index >= 15 is 0 Å². The molecule has 0 radical (unpaired) electrons. The van der Waals surface area contributed by atoms with E-state index in [2.05, 4.69) is 17.1 Å². The average Bonchev–Trinajstić information content (AvgIpc) is 2.89. The van der Waals surface area contributed by atoms with E-state index in [0.29, 0.717) is 23.2 Å². The van der Waals surface area contributed by atoms with E-state index in [1.807, 2.05) is 0 Å². The van der Waals surface area contributed by atoms with E-state index in [9.17, 15) is 10.1 Å². The van der Waals surface area contributed by atoms with Gasteiger partial charge in [0.05, 0.1) is 4.92 Å². The third-order valence-electron chi connectivity index (χ3n) is 3.56. The van der Waals surface area contributed by atoms with E-state index in [1.165, 1.54) is 32.0 Å². The van der Waals surface area contributed by atoms with E-state index < -0.39 is 0 Å². The Labute approximate surface area is 124 Å². The molecule has 1 atom stereocenters. The second-order valence-corrected chi connectivity index (χ2v) is 5.85. The van der Waals surface area contributed by atoms with Crippen molar-refractivity contribution in [3.05, 3.63) is 33.3 Å². The van der Waals surface area contributed by atoms with Crippen LogP contribution >= 0.6 is 11.6 Å². The molecule has 2 rings (SSSR count). The fourth-order valence-electron chi connectivity index (χ4n) is 2.56. The van der Waals surface area contributed by atoms with Crippen LogP contribution in [0.1, 0.15) is 19.8 Å². The summed E-state index contributed by atoms with van der Waals surface area (Å²) in [6, 6.07) is 4.59. The van der Waals surface area contributed by atoms with Gasteiger partial charge in [-0.1, -0.05) is 18.5 Å². The molecule has 5 nitrogen and oxygen atoms in total. The summed E-state index contributed by atoms with van der Waals surface area (Å²) in [7, 11) is 0.